The van der Waals surface area contributed by atoms with E-state index in [1.807, 2.05) is 36.7 Å². The molecular weight excluding hydrogens is 346 g/mol. The van der Waals surface area contributed by atoms with Crippen LogP contribution in [-0.4, -0.2) is 28.0 Å². The second kappa shape index (κ2) is 9.47. The van der Waals surface area contributed by atoms with E-state index in [9.17, 15) is 0 Å². The number of hydrogen-bond acceptors (Lipinski definition) is 4. The highest BCUT2D eigenvalue weighted by molar-refractivity contribution is 5.33. The lowest BCUT2D eigenvalue weighted by Crippen LogP contribution is -2.35. The predicted molar refractivity (Wildman–Crippen MR) is 111 cm³/mol. The molecular formula is C24H27N3O. The number of para-hydroxylation sites is 1. The van der Waals surface area contributed by atoms with Crippen molar-refractivity contribution in [2.24, 2.45) is 5.92 Å². The molecule has 0 amide bonds. The lowest BCUT2D eigenvalue weighted by Gasteiger charge is -2.33. The third-order valence-electron chi connectivity index (χ3n) is 5.31. The van der Waals surface area contributed by atoms with Crippen molar-refractivity contribution in [1.82, 2.24) is 14.9 Å². The standard InChI is InChI=1S/C24H27N3O/c1-2-11-24(28-19-21-7-5-12-25-16-21)22(9-1)18-27-14-6-8-20(17-27)15-23-10-3-4-13-26-23/h1-5,7,9-13,16,20H,6,8,14-15,17-19H2/t20-/m1/s1. The van der Waals surface area contributed by atoms with Gasteiger partial charge in [0.05, 0.1) is 0 Å². The van der Waals surface area contributed by atoms with Crippen molar-refractivity contribution in [3.63, 3.8) is 0 Å². The van der Waals surface area contributed by atoms with Crippen molar-refractivity contribution < 1.29 is 4.74 Å². The number of aromatic nitrogens is 2. The minimum absolute atomic E-state index is 0.549. The fourth-order valence-electron chi connectivity index (χ4n) is 3.94. The molecule has 28 heavy (non-hydrogen) atoms. The van der Waals surface area contributed by atoms with Crippen molar-refractivity contribution >= 4 is 0 Å². The summed E-state index contributed by atoms with van der Waals surface area (Å²) in [6, 6.07) is 18.6. The highest BCUT2D eigenvalue weighted by Crippen LogP contribution is 2.25. The topological polar surface area (TPSA) is 38.2 Å². The Kier molecular flexibility index (Phi) is 6.30. The number of ether oxygens (including phenoxy) is 1. The molecule has 0 aliphatic carbocycles. The molecule has 0 N–H and O–H groups in total. The molecule has 0 bridgehead atoms. The van der Waals surface area contributed by atoms with Gasteiger partial charge in [0.15, 0.2) is 0 Å². The van der Waals surface area contributed by atoms with Crippen LogP contribution in [0.2, 0.25) is 0 Å². The maximum absolute atomic E-state index is 6.11. The van der Waals surface area contributed by atoms with E-state index in [0.29, 0.717) is 12.5 Å². The third kappa shape index (κ3) is 5.17. The molecule has 1 aliphatic heterocycles. The molecule has 3 heterocycles. The Bertz CT molecular complexity index is 854. The minimum Gasteiger partial charge on any atom is -0.489 e. The molecule has 0 saturated carbocycles. The fraction of sp³-hybridized carbons (Fsp3) is 0.333. The van der Waals surface area contributed by atoms with Crippen LogP contribution < -0.4 is 4.74 Å². The van der Waals surface area contributed by atoms with Gasteiger partial charge in [0.25, 0.3) is 0 Å². The quantitative estimate of drug-likeness (QED) is 0.611. The van der Waals surface area contributed by atoms with Gasteiger partial charge in [0.2, 0.25) is 0 Å². The van der Waals surface area contributed by atoms with Gasteiger partial charge in [-0.25, -0.2) is 0 Å². The van der Waals surface area contributed by atoms with Crippen molar-refractivity contribution in [2.45, 2.75) is 32.4 Å². The fourth-order valence-corrected chi connectivity index (χ4v) is 3.94. The van der Waals surface area contributed by atoms with Crippen LogP contribution in [0, 0.1) is 5.92 Å². The maximum Gasteiger partial charge on any atom is 0.124 e. The first kappa shape index (κ1) is 18.6. The number of rotatable bonds is 7. The number of likely N-dealkylation sites (tertiary alicyclic amines) is 1. The summed E-state index contributed by atoms with van der Waals surface area (Å²) in [6.45, 7) is 3.75. The van der Waals surface area contributed by atoms with Crippen LogP contribution in [0.4, 0.5) is 0 Å². The molecule has 1 aromatic carbocycles. The van der Waals surface area contributed by atoms with E-state index in [4.69, 9.17) is 4.74 Å². The Labute approximate surface area is 167 Å². The molecule has 0 spiro atoms. The van der Waals surface area contributed by atoms with Gasteiger partial charge in [-0.1, -0.05) is 30.3 Å². The van der Waals surface area contributed by atoms with Crippen LogP contribution in [0.15, 0.2) is 73.2 Å². The average molecular weight is 374 g/mol. The zero-order valence-corrected chi connectivity index (χ0v) is 16.2. The smallest absolute Gasteiger partial charge is 0.124 e. The Morgan fingerprint density at radius 3 is 2.79 bits per heavy atom. The second-order valence-corrected chi connectivity index (χ2v) is 7.53. The average Bonchev–Trinajstić information content (AvgIpc) is 2.75. The first-order chi connectivity index (χ1) is 13.9. The summed E-state index contributed by atoms with van der Waals surface area (Å²) in [7, 11) is 0. The summed E-state index contributed by atoms with van der Waals surface area (Å²) < 4.78 is 6.11. The van der Waals surface area contributed by atoms with Gasteiger partial charge in [-0.2, -0.15) is 0 Å². The minimum atomic E-state index is 0.549. The summed E-state index contributed by atoms with van der Waals surface area (Å²) in [5.74, 6) is 1.64. The molecule has 144 valence electrons. The normalized spacial score (nSPS) is 17.4. The first-order valence-electron chi connectivity index (χ1n) is 10.1. The van der Waals surface area contributed by atoms with Crippen molar-refractivity contribution in [1.29, 1.82) is 0 Å². The van der Waals surface area contributed by atoms with Gasteiger partial charge in [-0.15, -0.1) is 0 Å². The summed E-state index contributed by atoms with van der Waals surface area (Å²) in [6.07, 6.45) is 9.13. The molecule has 0 radical (unpaired) electrons. The molecule has 1 aliphatic rings. The highest BCUT2D eigenvalue weighted by atomic mass is 16.5. The van der Waals surface area contributed by atoms with Crippen molar-refractivity contribution in [3.05, 3.63) is 90.0 Å². The Morgan fingerprint density at radius 1 is 1.00 bits per heavy atom. The second-order valence-electron chi connectivity index (χ2n) is 7.53. The van der Waals surface area contributed by atoms with E-state index in [1.165, 1.54) is 24.1 Å². The monoisotopic (exact) mass is 373 g/mol. The van der Waals surface area contributed by atoms with E-state index in [2.05, 4.69) is 45.2 Å². The summed E-state index contributed by atoms with van der Waals surface area (Å²) in [4.78, 5) is 11.2. The van der Waals surface area contributed by atoms with Crippen LogP contribution in [0.25, 0.3) is 0 Å². The Balaban J connectivity index is 1.37. The van der Waals surface area contributed by atoms with E-state index in [1.54, 1.807) is 6.20 Å². The SMILES string of the molecule is c1ccc(C[C@H]2CCCN(Cc3ccccc3OCc3cccnc3)C2)nc1. The molecule has 1 saturated heterocycles. The number of hydrogen-bond donors (Lipinski definition) is 0. The maximum atomic E-state index is 6.11. The van der Waals surface area contributed by atoms with Gasteiger partial charge in [-0.3, -0.25) is 14.9 Å². The molecule has 2 aromatic heterocycles. The third-order valence-corrected chi connectivity index (χ3v) is 5.31. The van der Waals surface area contributed by atoms with E-state index in [-0.39, 0.29) is 0 Å². The van der Waals surface area contributed by atoms with Crippen LogP contribution in [0.3, 0.4) is 0 Å². The summed E-state index contributed by atoms with van der Waals surface area (Å²) >= 11 is 0. The predicted octanol–water partition coefficient (Wildman–Crippen LogP) is 4.51. The van der Waals surface area contributed by atoms with Gasteiger partial charge < -0.3 is 4.74 Å². The lowest BCUT2D eigenvalue weighted by atomic mass is 9.93. The number of pyridine rings is 2. The van der Waals surface area contributed by atoms with Gasteiger partial charge in [-0.05, 0) is 56.0 Å². The Hall–Kier alpha value is -2.72. The van der Waals surface area contributed by atoms with Crippen LogP contribution in [0.5, 0.6) is 5.75 Å². The van der Waals surface area contributed by atoms with Crippen molar-refractivity contribution in [2.75, 3.05) is 13.1 Å². The van der Waals surface area contributed by atoms with Crippen molar-refractivity contribution in [3.8, 4) is 5.75 Å². The zero-order chi connectivity index (χ0) is 19.0. The number of benzene rings is 1. The largest absolute Gasteiger partial charge is 0.489 e. The molecule has 1 atom stereocenters. The van der Waals surface area contributed by atoms with E-state index >= 15 is 0 Å². The van der Waals surface area contributed by atoms with Crippen LogP contribution in [-0.2, 0) is 19.6 Å². The molecule has 0 unspecified atom stereocenters. The Morgan fingerprint density at radius 2 is 1.93 bits per heavy atom. The molecule has 3 aromatic rings. The van der Waals surface area contributed by atoms with Gasteiger partial charge in [0.1, 0.15) is 12.4 Å². The van der Waals surface area contributed by atoms with E-state index < -0.39 is 0 Å². The lowest BCUT2D eigenvalue weighted by molar-refractivity contribution is 0.164. The number of nitrogens with zero attached hydrogens (tertiary/aromatic N) is 3. The zero-order valence-electron chi connectivity index (χ0n) is 16.2. The molecule has 1 fully saturated rings. The van der Waals surface area contributed by atoms with E-state index in [0.717, 1.165) is 37.4 Å². The summed E-state index contributed by atoms with van der Waals surface area (Å²) in [5.41, 5.74) is 3.55. The number of piperidine rings is 1. The molecule has 4 nitrogen and oxygen atoms in total. The van der Waals surface area contributed by atoms with Gasteiger partial charge in [0, 0.05) is 48.5 Å². The highest BCUT2D eigenvalue weighted by Gasteiger charge is 2.21. The van der Waals surface area contributed by atoms with Gasteiger partial charge >= 0.3 is 0 Å². The molecule has 4 rings (SSSR count). The summed E-state index contributed by atoms with van der Waals surface area (Å²) in [5, 5.41) is 0. The first-order valence-corrected chi connectivity index (χ1v) is 10.1. The van der Waals surface area contributed by atoms with Crippen LogP contribution in [0.1, 0.15) is 29.7 Å². The molecule has 4 heteroatoms. The van der Waals surface area contributed by atoms with Crippen LogP contribution >= 0.6 is 0 Å².